The Labute approximate surface area is 123 Å². The summed E-state index contributed by atoms with van der Waals surface area (Å²) in [5.41, 5.74) is 2.29. The highest BCUT2D eigenvalue weighted by molar-refractivity contribution is 5.93. The molecule has 0 bridgehead atoms. The predicted molar refractivity (Wildman–Crippen MR) is 79.7 cm³/mol. The summed E-state index contributed by atoms with van der Waals surface area (Å²) in [6.07, 6.45) is 1.57. The quantitative estimate of drug-likeness (QED) is 0.916. The van der Waals surface area contributed by atoms with Gasteiger partial charge in [0.25, 0.3) is 5.91 Å². The van der Waals surface area contributed by atoms with E-state index in [4.69, 9.17) is 9.47 Å². The van der Waals surface area contributed by atoms with Crippen molar-refractivity contribution in [2.24, 2.45) is 0 Å². The lowest BCUT2D eigenvalue weighted by Crippen LogP contribution is -2.23. The number of pyridine rings is 1. The Bertz CT molecular complexity index is 624. The number of hydrogen-bond donors (Lipinski definition) is 1. The van der Waals surface area contributed by atoms with Crippen LogP contribution in [0.2, 0.25) is 0 Å². The van der Waals surface area contributed by atoms with Gasteiger partial charge in [-0.3, -0.25) is 9.78 Å². The van der Waals surface area contributed by atoms with Crippen LogP contribution in [0.4, 0.5) is 0 Å². The molecule has 110 valence electrons. The first-order valence-corrected chi connectivity index (χ1v) is 6.56. The maximum atomic E-state index is 12.0. The molecule has 5 heteroatoms. The van der Waals surface area contributed by atoms with Crippen LogP contribution in [0.1, 0.15) is 21.6 Å². The minimum Gasteiger partial charge on any atom is -0.497 e. The van der Waals surface area contributed by atoms with E-state index in [1.807, 2.05) is 25.1 Å². The van der Waals surface area contributed by atoms with E-state index in [9.17, 15) is 4.79 Å². The lowest BCUT2D eigenvalue weighted by molar-refractivity contribution is 0.0950. The molecule has 0 saturated heterocycles. The van der Waals surface area contributed by atoms with Crippen LogP contribution in [-0.4, -0.2) is 25.1 Å². The topological polar surface area (TPSA) is 60.5 Å². The molecule has 2 rings (SSSR count). The van der Waals surface area contributed by atoms with Crippen LogP contribution in [0.5, 0.6) is 11.5 Å². The van der Waals surface area contributed by atoms with Crippen molar-refractivity contribution in [3.8, 4) is 11.5 Å². The second kappa shape index (κ2) is 6.74. The summed E-state index contributed by atoms with van der Waals surface area (Å²) < 4.78 is 10.4. The standard InChI is InChI=1S/C16H18N2O3/c1-11-4-5-13(10-17-11)16(19)18-9-12-6-7-14(20-2)8-15(12)21-3/h4-8,10H,9H2,1-3H3,(H,18,19). The summed E-state index contributed by atoms with van der Waals surface area (Å²) in [4.78, 5) is 16.1. The molecule has 5 nitrogen and oxygen atoms in total. The molecule has 1 N–H and O–H groups in total. The van der Waals surface area contributed by atoms with Crippen molar-refractivity contribution in [3.05, 3.63) is 53.3 Å². The van der Waals surface area contributed by atoms with E-state index in [-0.39, 0.29) is 5.91 Å². The molecule has 0 aliphatic carbocycles. The normalized spacial score (nSPS) is 10.0. The Morgan fingerprint density at radius 2 is 2.00 bits per heavy atom. The number of methoxy groups -OCH3 is 2. The lowest BCUT2D eigenvalue weighted by atomic mass is 10.1. The van der Waals surface area contributed by atoms with Crippen LogP contribution in [0.3, 0.4) is 0 Å². The summed E-state index contributed by atoms with van der Waals surface area (Å²) in [5.74, 6) is 1.22. The van der Waals surface area contributed by atoms with E-state index in [1.165, 1.54) is 0 Å². The van der Waals surface area contributed by atoms with Crippen LogP contribution in [-0.2, 0) is 6.54 Å². The van der Waals surface area contributed by atoms with Crippen LogP contribution in [0.25, 0.3) is 0 Å². The third-order valence-corrected chi connectivity index (χ3v) is 3.11. The third-order valence-electron chi connectivity index (χ3n) is 3.11. The van der Waals surface area contributed by atoms with Gasteiger partial charge in [-0.2, -0.15) is 0 Å². The number of aromatic nitrogens is 1. The zero-order valence-electron chi connectivity index (χ0n) is 12.3. The molecule has 2 aromatic rings. The maximum Gasteiger partial charge on any atom is 0.253 e. The van der Waals surface area contributed by atoms with Gasteiger partial charge in [-0.1, -0.05) is 0 Å². The first-order valence-electron chi connectivity index (χ1n) is 6.56. The molecule has 21 heavy (non-hydrogen) atoms. The lowest BCUT2D eigenvalue weighted by Gasteiger charge is -2.11. The fourth-order valence-electron chi connectivity index (χ4n) is 1.88. The Balaban J connectivity index is 2.05. The highest BCUT2D eigenvalue weighted by Crippen LogP contribution is 2.24. The number of carbonyl (C=O) groups excluding carboxylic acids is 1. The van der Waals surface area contributed by atoms with Gasteiger partial charge in [0.15, 0.2) is 0 Å². The summed E-state index contributed by atoms with van der Waals surface area (Å²) in [6.45, 7) is 2.25. The van der Waals surface area contributed by atoms with E-state index in [1.54, 1.807) is 32.5 Å². The molecule has 0 radical (unpaired) electrons. The van der Waals surface area contributed by atoms with Gasteiger partial charge < -0.3 is 14.8 Å². The third kappa shape index (κ3) is 3.72. The zero-order chi connectivity index (χ0) is 15.2. The molecule has 1 aromatic carbocycles. The number of aryl methyl sites for hydroxylation is 1. The Kier molecular flexibility index (Phi) is 4.77. The number of rotatable bonds is 5. The zero-order valence-corrected chi connectivity index (χ0v) is 12.3. The largest absolute Gasteiger partial charge is 0.497 e. The minimum absolute atomic E-state index is 0.166. The number of nitrogens with one attached hydrogen (secondary N) is 1. The molecular weight excluding hydrogens is 268 g/mol. The molecule has 0 saturated carbocycles. The van der Waals surface area contributed by atoms with Crippen LogP contribution >= 0.6 is 0 Å². The van der Waals surface area contributed by atoms with Crippen molar-refractivity contribution in [2.75, 3.05) is 14.2 Å². The first kappa shape index (κ1) is 14.8. The van der Waals surface area contributed by atoms with E-state index < -0.39 is 0 Å². The van der Waals surface area contributed by atoms with Gasteiger partial charge in [-0.05, 0) is 31.2 Å². The smallest absolute Gasteiger partial charge is 0.253 e. The average Bonchev–Trinajstić information content (AvgIpc) is 2.53. The van der Waals surface area contributed by atoms with Gasteiger partial charge in [0.2, 0.25) is 0 Å². The minimum atomic E-state index is -0.166. The number of hydrogen-bond acceptors (Lipinski definition) is 4. The van der Waals surface area contributed by atoms with Gasteiger partial charge >= 0.3 is 0 Å². The van der Waals surface area contributed by atoms with E-state index in [0.29, 0.717) is 23.6 Å². The SMILES string of the molecule is COc1ccc(CNC(=O)c2ccc(C)nc2)c(OC)c1. The van der Waals surface area contributed by atoms with Crippen LogP contribution < -0.4 is 14.8 Å². The number of ether oxygens (including phenoxy) is 2. The molecule has 1 amide bonds. The summed E-state index contributed by atoms with van der Waals surface area (Å²) in [6, 6.07) is 9.05. The van der Waals surface area contributed by atoms with Gasteiger partial charge in [0.05, 0.1) is 19.8 Å². The predicted octanol–water partition coefficient (Wildman–Crippen LogP) is 2.34. The highest BCUT2D eigenvalue weighted by Gasteiger charge is 2.09. The number of nitrogens with zero attached hydrogens (tertiary/aromatic N) is 1. The Morgan fingerprint density at radius 1 is 1.19 bits per heavy atom. The fourth-order valence-corrected chi connectivity index (χ4v) is 1.88. The second-order valence-electron chi connectivity index (χ2n) is 4.55. The number of carbonyl (C=O) groups is 1. The average molecular weight is 286 g/mol. The van der Waals surface area contributed by atoms with Crippen LogP contribution in [0, 0.1) is 6.92 Å². The molecule has 1 heterocycles. The van der Waals surface area contributed by atoms with E-state index in [0.717, 1.165) is 11.3 Å². The second-order valence-corrected chi connectivity index (χ2v) is 4.55. The Morgan fingerprint density at radius 3 is 2.62 bits per heavy atom. The van der Waals surface area contributed by atoms with Crippen molar-refractivity contribution < 1.29 is 14.3 Å². The number of benzene rings is 1. The molecule has 0 atom stereocenters. The van der Waals surface area contributed by atoms with E-state index >= 15 is 0 Å². The molecule has 0 unspecified atom stereocenters. The van der Waals surface area contributed by atoms with Gasteiger partial charge in [0.1, 0.15) is 11.5 Å². The fraction of sp³-hybridized carbons (Fsp3) is 0.250. The van der Waals surface area contributed by atoms with Crippen LogP contribution in [0.15, 0.2) is 36.5 Å². The van der Waals surface area contributed by atoms with Crippen molar-refractivity contribution in [2.45, 2.75) is 13.5 Å². The van der Waals surface area contributed by atoms with Crippen molar-refractivity contribution >= 4 is 5.91 Å². The van der Waals surface area contributed by atoms with Crippen molar-refractivity contribution in [1.82, 2.24) is 10.3 Å². The molecular formula is C16H18N2O3. The summed E-state index contributed by atoms with van der Waals surface area (Å²) >= 11 is 0. The monoisotopic (exact) mass is 286 g/mol. The summed E-state index contributed by atoms with van der Waals surface area (Å²) in [5, 5.41) is 2.85. The molecule has 1 aromatic heterocycles. The number of amides is 1. The van der Waals surface area contributed by atoms with Gasteiger partial charge in [-0.15, -0.1) is 0 Å². The van der Waals surface area contributed by atoms with E-state index in [2.05, 4.69) is 10.3 Å². The molecule has 0 aliphatic heterocycles. The summed E-state index contributed by atoms with van der Waals surface area (Å²) in [7, 11) is 3.19. The maximum absolute atomic E-state index is 12.0. The van der Waals surface area contributed by atoms with Gasteiger partial charge in [0, 0.05) is 30.1 Å². The Hall–Kier alpha value is -2.56. The van der Waals surface area contributed by atoms with Crippen molar-refractivity contribution in [1.29, 1.82) is 0 Å². The van der Waals surface area contributed by atoms with Gasteiger partial charge in [-0.25, -0.2) is 0 Å². The van der Waals surface area contributed by atoms with Crippen molar-refractivity contribution in [3.63, 3.8) is 0 Å². The molecule has 0 spiro atoms. The molecule has 0 aliphatic rings. The molecule has 0 fully saturated rings. The first-order chi connectivity index (χ1) is 10.1. The highest BCUT2D eigenvalue weighted by atomic mass is 16.5.